The van der Waals surface area contributed by atoms with Crippen molar-refractivity contribution in [1.82, 2.24) is 15.0 Å². The summed E-state index contributed by atoms with van der Waals surface area (Å²) in [6.07, 6.45) is 7.71. The number of aliphatic hydroxyl groups excluding tert-OH is 7. The van der Waals surface area contributed by atoms with Crippen molar-refractivity contribution in [3.05, 3.63) is 6.20 Å². The minimum Gasteiger partial charge on any atom is -0.462 e. The maximum atomic E-state index is 13.1. The van der Waals surface area contributed by atoms with Gasteiger partial charge in [0.15, 0.2) is 18.3 Å². The number of rotatable bonds is 36. The number of thioether (sulfide) groups is 1. The third-order valence-corrected chi connectivity index (χ3v) is 13.3. The molecule has 2 aliphatic heterocycles. The molecule has 2 aliphatic rings. The number of carbonyl (C=O) groups excluding carboxylic acids is 3. The quantitative estimate of drug-likeness (QED) is 0.0345. The summed E-state index contributed by atoms with van der Waals surface area (Å²) in [6, 6.07) is -1.06. The van der Waals surface area contributed by atoms with Gasteiger partial charge in [0.2, 0.25) is 5.91 Å². The van der Waals surface area contributed by atoms with Gasteiger partial charge in [-0.3, -0.25) is 14.4 Å². The van der Waals surface area contributed by atoms with Crippen LogP contribution in [0.25, 0.3) is 0 Å². The number of aromatic nitrogens is 3. The number of hydrogen-bond acceptors (Lipinski definition) is 19. The van der Waals surface area contributed by atoms with Gasteiger partial charge in [0.25, 0.3) is 0 Å². The summed E-state index contributed by atoms with van der Waals surface area (Å²) in [5.41, 5.74) is 6.22. The second-order valence-electron chi connectivity index (χ2n) is 17.9. The van der Waals surface area contributed by atoms with Crippen LogP contribution in [0.4, 0.5) is 5.82 Å². The molecule has 3 rings (SSSR count). The van der Waals surface area contributed by atoms with Crippen LogP contribution in [0.1, 0.15) is 161 Å². The Hall–Kier alpha value is -2.54. The molecule has 20 nitrogen and oxygen atoms in total. The highest BCUT2D eigenvalue weighted by atomic mass is 32.2. The highest BCUT2D eigenvalue weighted by molar-refractivity contribution is 7.99. The summed E-state index contributed by atoms with van der Waals surface area (Å²) in [5, 5.41) is 82.5. The smallest absolute Gasteiger partial charge is 0.306 e. The number of nitrogens with one attached hydrogen (secondary N) is 1. The van der Waals surface area contributed by atoms with Gasteiger partial charge in [-0.2, -0.15) is 11.8 Å². The number of esters is 2. The molecule has 388 valence electrons. The number of anilines is 1. The molecule has 12 atom stereocenters. The number of unbranched alkanes of at least 4 members (excludes halogenated alkanes) is 18. The number of nitrogens with two attached hydrogens (primary N) is 1. The SMILES string of the molecule is CCCCCCCCCCCCC(=O)OC[C@H](CSC[C@@H](N)C(=O)Nc1cn([C@@H]2OC(CO)C(OC3OC(CO)C(O)C(O)C3O)C(O)C2O)nn1)OC(=O)CCCCCCCCCCCC. The molecule has 0 aromatic carbocycles. The Morgan fingerprint density at radius 2 is 1.24 bits per heavy atom. The average Bonchev–Trinajstić information content (AvgIpc) is 3.78. The third kappa shape index (κ3) is 21.6. The lowest BCUT2D eigenvalue weighted by molar-refractivity contribution is -0.347. The Bertz CT molecular complexity index is 1500. The van der Waals surface area contributed by atoms with E-state index in [2.05, 4.69) is 29.5 Å². The van der Waals surface area contributed by atoms with E-state index in [1.165, 1.54) is 95.0 Å². The predicted molar refractivity (Wildman–Crippen MR) is 249 cm³/mol. The van der Waals surface area contributed by atoms with Crippen molar-refractivity contribution in [3.63, 3.8) is 0 Å². The van der Waals surface area contributed by atoms with Crippen LogP contribution >= 0.6 is 11.8 Å². The Morgan fingerprint density at radius 3 is 1.79 bits per heavy atom. The molecule has 21 heteroatoms. The van der Waals surface area contributed by atoms with E-state index in [9.17, 15) is 50.1 Å². The zero-order valence-electron chi connectivity index (χ0n) is 39.8. The van der Waals surface area contributed by atoms with E-state index >= 15 is 0 Å². The monoisotopic (exact) mass is 978 g/mol. The molecular formula is C46H83N5O15S. The molecule has 1 amide bonds. The molecule has 2 fully saturated rings. The molecule has 0 radical (unpaired) electrons. The van der Waals surface area contributed by atoms with Gasteiger partial charge in [0.1, 0.15) is 61.5 Å². The molecule has 1 aromatic rings. The maximum absolute atomic E-state index is 13.1. The fraction of sp³-hybridized carbons (Fsp3) is 0.891. The Kier molecular flexibility index (Phi) is 29.7. The molecule has 0 bridgehead atoms. The van der Waals surface area contributed by atoms with Gasteiger partial charge in [-0.25, -0.2) is 4.68 Å². The predicted octanol–water partition coefficient (Wildman–Crippen LogP) is 3.15. The van der Waals surface area contributed by atoms with Gasteiger partial charge < -0.3 is 70.5 Å². The first kappa shape index (κ1) is 58.8. The third-order valence-electron chi connectivity index (χ3n) is 12.1. The Morgan fingerprint density at radius 1 is 0.701 bits per heavy atom. The molecule has 1 aromatic heterocycles. The molecule has 2 saturated heterocycles. The van der Waals surface area contributed by atoms with E-state index in [-0.39, 0.29) is 48.7 Å². The lowest BCUT2D eigenvalue weighted by Crippen LogP contribution is -2.63. The Balaban J connectivity index is 1.47. The number of aliphatic hydroxyl groups is 7. The van der Waals surface area contributed by atoms with Crippen molar-refractivity contribution in [1.29, 1.82) is 0 Å². The summed E-state index contributed by atoms with van der Waals surface area (Å²) in [4.78, 5) is 38.6. The van der Waals surface area contributed by atoms with Crippen LogP contribution in [0.15, 0.2) is 6.20 Å². The van der Waals surface area contributed by atoms with E-state index in [0.717, 1.165) is 49.6 Å². The van der Waals surface area contributed by atoms with Gasteiger partial charge in [0, 0.05) is 24.3 Å². The van der Waals surface area contributed by atoms with Crippen molar-refractivity contribution in [2.45, 2.75) is 229 Å². The summed E-state index contributed by atoms with van der Waals surface area (Å²) in [5.74, 6) is -1.11. The molecule has 0 aliphatic carbocycles. The van der Waals surface area contributed by atoms with Crippen LogP contribution in [0, 0.1) is 0 Å². The van der Waals surface area contributed by atoms with E-state index in [1.807, 2.05) is 0 Å². The number of nitrogens with zero attached hydrogens (tertiary/aromatic N) is 3. The van der Waals surface area contributed by atoms with Crippen LogP contribution in [0.2, 0.25) is 0 Å². The van der Waals surface area contributed by atoms with E-state index < -0.39 is 92.6 Å². The van der Waals surface area contributed by atoms with Crippen LogP contribution in [0.3, 0.4) is 0 Å². The summed E-state index contributed by atoms with van der Waals surface area (Å²) < 4.78 is 29.0. The highest BCUT2D eigenvalue weighted by Crippen LogP contribution is 2.33. The molecule has 67 heavy (non-hydrogen) atoms. The zero-order chi connectivity index (χ0) is 49.0. The highest BCUT2D eigenvalue weighted by Gasteiger charge is 2.51. The fourth-order valence-corrected chi connectivity index (χ4v) is 8.97. The second-order valence-corrected chi connectivity index (χ2v) is 19.0. The molecular weight excluding hydrogens is 895 g/mol. The van der Waals surface area contributed by atoms with Gasteiger partial charge in [-0.1, -0.05) is 135 Å². The molecule has 9 unspecified atom stereocenters. The van der Waals surface area contributed by atoms with Crippen molar-refractivity contribution in [3.8, 4) is 0 Å². The molecule has 3 heterocycles. The van der Waals surface area contributed by atoms with Crippen LogP contribution in [-0.4, -0.2) is 167 Å². The van der Waals surface area contributed by atoms with Crippen LogP contribution in [-0.2, 0) is 38.1 Å². The van der Waals surface area contributed by atoms with Crippen molar-refractivity contribution in [2.75, 3.05) is 36.6 Å². The lowest BCUT2D eigenvalue weighted by atomic mass is 9.96. The standard InChI is InChI=1S/C46H83N5O15S/c1-3-5-7-9-11-13-15-17-19-21-23-36(54)62-28-31(63-37(55)24-22-20-18-16-14-12-10-8-6-4-2)29-67-30-32(47)44(61)48-35-25-51(50-49-35)45-41(59)40(58)43(34(27-53)64-45)66-46-42(60)39(57)38(56)33(26-52)65-46/h25,31-34,38-43,45-46,52-53,56-60H,3-24,26-30,47H2,1-2H3,(H,48,61)/t31-,32-,33?,34?,38?,39?,40?,41?,42?,43?,45-,46?/m1/s1. The first-order chi connectivity index (χ1) is 32.3. The van der Waals surface area contributed by atoms with E-state index in [1.54, 1.807) is 0 Å². The first-order valence-corrected chi connectivity index (χ1v) is 26.0. The van der Waals surface area contributed by atoms with Crippen LogP contribution < -0.4 is 11.1 Å². The number of hydrogen-bond donors (Lipinski definition) is 9. The number of carbonyl (C=O) groups is 3. The van der Waals surface area contributed by atoms with Crippen molar-refractivity contribution in [2.24, 2.45) is 5.73 Å². The maximum Gasteiger partial charge on any atom is 0.306 e. The van der Waals surface area contributed by atoms with E-state index in [4.69, 9.17) is 29.4 Å². The largest absolute Gasteiger partial charge is 0.462 e. The minimum absolute atomic E-state index is 0.0796. The molecule has 10 N–H and O–H groups in total. The van der Waals surface area contributed by atoms with Crippen LogP contribution in [0.5, 0.6) is 0 Å². The summed E-state index contributed by atoms with van der Waals surface area (Å²) in [7, 11) is 0. The van der Waals surface area contributed by atoms with Gasteiger partial charge >= 0.3 is 11.9 Å². The normalized spacial score (nSPS) is 26.2. The van der Waals surface area contributed by atoms with Gasteiger partial charge in [-0.05, 0) is 12.8 Å². The first-order valence-electron chi connectivity index (χ1n) is 24.8. The topological polar surface area (TPSA) is 308 Å². The van der Waals surface area contributed by atoms with Crippen molar-refractivity contribution < 1.29 is 73.8 Å². The number of amides is 1. The van der Waals surface area contributed by atoms with E-state index in [0.29, 0.717) is 6.42 Å². The van der Waals surface area contributed by atoms with Crippen molar-refractivity contribution >= 4 is 35.4 Å². The fourth-order valence-electron chi connectivity index (χ4n) is 8.00. The Labute approximate surface area is 400 Å². The molecule has 0 saturated carbocycles. The average molecular weight is 978 g/mol. The minimum atomic E-state index is -1.82. The molecule has 0 spiro atoms. The second kappa shape index (κ2) is 33.9. The van der Waals surface area contributed by atoms with Gasteiger partial charge in [-0.15, -0.1) is 5.10 Å². The summed E-state index contributed by atoms with van der Waals surface area (Å²) in [6.45, 7) is 2.82. The lowest BCUT2D eigenvalue weighted by Gasteiger charge is -2.45. The zero-order valence-corrected chi connectivity index (χ0v) is 40.6. The van der Waals surface area contributed by atoms with Gasteiger partial charge in [0.05, 0.1) is 25.5 Å². The summed E-state index contributed by atoms with van der Waals surface area (Å²) >= 11 is 1.25. The number of ether oxygens (including phenoxy) is 5.